The lowest BCUT2D eigenvalue weighted by molar-refractivity contribution is -0.359. The van der Waals surface area contributed by atoms with Crippen LogP contribution < -0.4 is 0 Å². The van der Waals surface area contributed by atoms with E-state index in [1.54, 1.807) is 6.92 Å². The Morgan fingerprint density at radius 3 is 2.46 bits per heavy atom. The summed E-state index contributed by atoms with van der Waals surface area (Å²) in [6.07, 6.45) is 0.133. The topological polar surface area (TPSA) is 101 Å². The summed E-state index contributed by atoms with van der Waals surface area (Å²) in [7, 11) is -8.04. The molecule has 0 saturated carbocycles. The molecule has 0 spiro atoms. The van der Waals surface area contributed by atoms with Gasteiger partial charge in [-0.1, -0.05) is 6.92 Å². The van der Waals surface area contributed by atoms with Crippen LogP contribution in [0.25, 0.3) is 0 Å². The molecule has 3 fully saturated rings. The zero-order valence-corrected chi connectivity index (χ0v) is 8.20. The minimum Gasteiger partial charge on any atom is -0.242 e. The van der Waals surface area contributed by atoms with Crippen LogP contribution in [-0.2, 0) is 31.7 Å². The molecule has 3 aliphatic heterocycles. The Morgan fingerprint density at radius 1 is 1.38 bits per heavy atom. The van der Waals surface area contributed by atoms with Crippen molar-refractivity contribution in [1.82, 2.24) is 0 Å². The highest BCUT2D eigenvalue weighted by atomic mass is 31.3. The highest BCUT2D eigenvalue weighted by Crippen LogP contribution is 2.81. The van der Waals surface area contributed by atoms with E-state index >= 15 is 0 Å². The van der Waals surface area contributed by atoms with Crippen molar-refractivity contribution in [2.75, 3.05) is 0 Å². The molecule has 3 rings (SSSR count). The van der Waals surface area contributed by atoms with E-state index in [0.29, 0.717) is 0 Å². The molecule has 13 heavy (non-hydrogen) atoms. The third-order valence-corrected chi connectivity index (χ3v) is 4.79. The van der Waals surface area contributed by atoms with Crippen LogP contribution in [0, 0.1) is 0 Å². The van der Waals surface area contributed by atoms with Crippen LogP contribution in [0.15, 0.2) is 0 Å². The minimum absolute atomic E-state index is 0.133. The van der Waals surface area contributed by atoms with Crippen LogP contribution in [0.3, 0.4) is 0 Å². The second-order valence-corrected chi connectivity index (χ2v) is 5.52. The number of rotatable bonds is 2. The smallest absolute Gasteiger partial charge is 0.242 e. The normalized spacial score (nSPS) is 54.3. The Morgan fingerprint density at radius 2 is 2.00 bits per heavy atom. The van der Waals surface area contributed by atoms with E-state index in [-0.39, 0.29) is 6.42 Å². The maximum Gasteiger partial charge on any atom is 0.515 e. The number of hydrogen-bond donors (Lipinski definition) is 1. The third-order valence-electron chi connectivity index (χ3n) is 1.49. The van der Waals surface area contributed by atoms with E-state index in [4.69, 9.17) is 5.26 Å². The largest absolute Gasteiger partial charge is 0.515 e. The second kappa shape index (κ2) is 2.62. The lowest BCUT2D eigenvalue weighted by Gasteiger charge is -2.47. The van der Waals surface area contributed by atoms with Gasteiger partial charge >= 0.3 is 21.6 Å². The Labute approximate surface area is 72.8 Å². The quantitative estimate of drug-likeness (QED) is 0.437. The standard InChI is InChI=1S/C3H6O8P2/c1-2-3-7-12(5,8-3)11-13(6,9-3)10-4/h4H,2H2,1H3. The zero-order chi connectivity index (χ0) is 9.74. The number of hydrogen-bond acceptors (Lipinski definition) is 8. The molecule has 76 valence electrons. The van der Waals surface area contributed by atoms with Crippen LogP contribution in [0.4, 0.5) is 0 Å². The fourth-order valence-electron chi connectivity index (χ4n) is 0.949. The van der Waals surface area contributed by atoms with Gasteiger partial charge < -0.3 is 0 Å². The van der Waals surface area contributed by atoms with E-state index < -0.39 is 21.6 Å². The van der Waals surface area contributed by atoms with Crippen molar-refractivity contribution in [2.24, 2.45) is 0 Å². The molecule has 3 heterocycles. The summed E-state index contributed by atoms with van der Waals surface area (Å²) in [6, 6.07) is 0. The average Bonchev–Trinajstić information content (AvgIpc) is 2.01. The first kappa shape index (κ1) is 9.76. The van der Waals surface area contributed by atoms with Gasteiger partial charge in [-0.25, -0.2) is 28.0 Å². The second-order valence-electron chi connectivity index (χ2n) is 2.37. The van der Waals surface area contributed by atoms with Gasteiger partial charge in [0.1, 0.15) is 0 Å². The molecule has 3 aliphatic rings. The molecule has 0 aliphatic carbocycles. The third kappa shape index (κ3) is 1.40. The molecule has 0 aromatic rings. The van der Waals surface area contributed by atoms with Crippen molar-refractivity contribution in [1.29, 1.82) is 0 Å². The van der Waals surface area contributed by atoms with Gasteiger partial charge in [0.15, 0.2) is 0 Å². The Balaban J connectivity index is 2.27. The summed E-state index contributed by atoms with van der Waals surface area (Å²) >= 11 is 0. The van der Waals surface area contributed by atoms with Crippen molar-refractivity contribution in [2.45, 2.75) is 19.3 Å². The number of fused-ring (bicyclic) bond motifs is 2. The molecule has 2 bridgehead atoms. The van der Waals surface area contributed by atoms with Gasteiger partial charge in [0.25, 0.3) is 0 Å². The SMILES string of the molecule is CCC12OP(=O)(OO)OP(=O)(O1)O2. The highest BCUT2D eigenvalue weighted by molar-refractivity contribution is 7.63. The van der Waals surface area contributed by atoms with Gasteiger partial charge in [0, 0.05) is 6.42 Å². The average molecular weight is 232 g/mol. The molecule has 1 atom stereocenters. The van der Waals surface area contributed by atoms with E-state index in [2.05, 4.69) is 22.6 Å². The monoisotopic (exact) mass is 232 g/mol. The van der Waals surface area contributed by atoms with Crippen LogP contribution >= 0.6 is 15.6 Å². The minimum atomic E-state index is -4.21. The van der Waals surface area contributed by atoms with Crippen LogP contribution in [0.2, 0.25) is 0 Å². The molecular formula is C3H6O8P2. The van der Waals surface area contributed by atoms with Gasteiger partial charge in [0.05, 0.1) is 0 Å². The van der Waals surface area contributed by atoms with Gasteiger partial charge in [-0.3, -0.25) is 0 Å². The first-order chi connectivity index (χ1) is 5.95. The molecule has 1 unspecified atom stereocenters. The van der Waals surface area contributed by atoms with E-state index in [0.717, 1.165) is 0 Å². The maximum atomic E-state index is 11.2. The molecular weight excluding hydrogens is 226 g/mol. The van der Waals surface area contributed by atoms with E-state index in [9.17, 15) is 9.13 Å². The molecule has 0 radical (unpaired) electrons. The summed E-state index contributed by atoms with van der Waals surface area (Å²) in [5, 5.41) is 8.17. The lowest BCUT2D eigenvalue weighted by Crippen LogP contribution is -2.47. The van der Waals surface area contributed by atoms with E-state index in [1.165, 1.54) is 0 Å². The van der Waals surface area contributed by atoms with Crippen molar-refractivity contribution < 1.29 is 36.9 Å². The summed E-state index contributed by atoms with van der Waals surface area (Å²) in [6.45, 7) is 1.58. The Bertz CT molecular complexity index is 313. The number of phosphoric acid groups is 2. The Hall–Kier alpha value is 0.220. The Kier molecular flexibility index (Phi) is 1.97. The molecule has 8 nitrogen and oxygen atoms in total. The predicted molar refractivity (Wildman–Crippen MR) is 36.3 cm³/mol. The fraction of sp³-hybridized carbons (Fsp3) is 1.00. The van der Waals surface area contributed by atoms with Crippen LogP contribution in [0.1, 0.15) is 13.3 Å². The van der Waals surface area contributed by atoms with Gasteiger partial charge in [0.2, 0.25) is 0 Å². The molecule has 0 aromatic carbocycles. The van der Waals surface area contributed by atoms with Crippen molar-refractivity contribution in [3.63, 3.8) is 0 Å². The van der Waals surface area contributed by atoms with Crippen molar-refractivity contribution in [3.05, 3.63) is 0 Å². The van der Waals surface area contributed by atoms with E-state index in [1.807, 2.05) is 0 Å². The molecule has 1 N–H and O–H groups in total. The summed E-state index contributed by atoms with van der Waals surface area (Å²) in [4.78, 5) is 0. The summed E-state index contributed by atoms with van der Waals surface area (Å²) in [5.74, 6) is -1.67. The lowest BCUT2D eigenvalue weighted by atomic mass is 10.4. The van der Waals surface area contributed by atoms with Gasteiger partial charge in [-0.2, -0.15) is 4.31 Å². The van der Waals surface area contributed by atoms with Crippen molar-refractivity contribution >= 4 is 15.6 Å². The van der Waals surface area contributed by atoms with Crippen LogP contribution in [0.5, 0.6) is 0 Å². The van der Waals surface area contributed by atoms with Gasteiger partial charge in [-0.15, -0.1) is 4.67 Å². The fourth-order valence-corrected chi connectivity index (χ4v) is 4.17. The maximum absolute atomic E-state index is 11.2. The highest BCUT2D eigenvalue weighted by Gasteiger charge is 2.69. The zero-order valence-electron chi connectivity index (χ0n) is 6.41. The van der Waals surface area contributed by atoms with Crippen molar-refractivity contribution in [3.8, 4) is 0 Å². The first-order valence-corrected chi connectivity index (χ1v) is 6.24. The van der Waals surface area contributed by atoms with Gasteiger partial charge in [-0.05, 0) is 0 Å². The van der Waals surface area contributed by atoms with Crippen LogP contribution in [-0.4, -0.2) is 11.2 Å². The molecule has 0 amide bonds. The molecule has 0 aromatic heterocycles. The summed E-state index contributed by atoms with van der Waals surface area (Å²) < 4.78 is 43.7. The molecule has 10 heteroatoms. The first-order valence-electron chi connectivity index (χ1n) is 3.32. The number of phosphoric ester groups is 1. The molecule has 3 saturated heterocycles. The summed E-state index contributed by atoms with van der Waals surface area (Å²) in [5.41, 5.74) is 0. The predicted octanol–water partition coefficient (Wildman–Crippen LogP) is 1.85.